The van der Waals surface area contributed by atoms with Crippen molar-refractivity contribution in [3.05, 3.63) is 58.7 Å². The number of carbonyl (C=O) groups excluding carboxylic acids is 1. The zero-order valence-electron chi connectivity index (χ0n) is 16.8. The maximum Gasteiger partial charge on any atom is 0.253 e. The molecule has 1 saturated heterocycles. The fourth-order valence-corrected chi connectivity index (χ4v) is 3.54. The van der Waals surface area contributed by atoms with Crippen molar-refractivity contribution < 1.29 is 14.3 Å². The van der Waals surface area contributed by atoms with Gasteiger partial charge in [0.05, 0.1) is 20.3 Å². The molecule has 5 heteroatoms. The maximum atomic E-state index is 13.0. The number of hydrogen-bond acceptors (Lipinski definition) is 4. The number of rotatable bonds is 4. The van der Waals surface area contributed by atoms with Gasteiger partial charge in [0, 0.05) is 25.2 Å². The molecule has 27 heavy (non-hydrogen) atoms. The van der Waals surface area contributed by atoms with Crippen LogP contribution in [0.15, 0.2) is 36.4 Å². The van der Waals surface area contributed by atoms with Gasteiger partial charge in [-0.05, 0) is 61.9 Å². The van der Waals surface area contributed by atoms with Crippen LogP contribution < -0.4 is 9.47 Å². The first kappa shape index (κ1) is 19.2. The van der Waals surface area contributed by atoms with E-state index in [0.717, 1.165) is 29.8 Å². The molecule has 1 heterocycles. The second kappa shape index (κ2) is 8.01. The standard InChI is InChI=1S/C22H28N2O3/c1-15-6-7-18(12-16(15)2)22(25)24-11-10-23(3)19(14-24)17-8-9-20(26-4)21(13-17)27-5/h6-9,12-13,19H,10-11,14H2,1-5H3. The average molecular weight is 368 g/mol. The number of amides is 1. The first-order valence-corrected chi connectivity index (χ1v) is 9.23. The Hall–Kier alpha value is -2.53. The van der Waals surface area contributed by atoms with Crippen LogP contribution in [0.3, 0.4) is 0 Å². The lowest BCUT2D eigenvalue weighted by molar-refractivity contribution is 0.0546. The Bertz CT molecular complexity index is 834. The van der Waals surface area contributed by atoms with E-state index in [1.807, 2.05) is 48.2 Å². The Morgan fingerprint density at radius 3 is 2.37 bits per heavy atom. The molecule has 1 aliphatic heterocycles. The molecule has 144 valence electrons. The first-order valence-electron chi connectivity index (χ1n) is 9.23. The molecule has 1 fully saturated rings. The van der Waals surface area contributed by atoms with Crippen molar-refractivity contribution in [3.63, 3.8) is 0 Å². The number of methoxy groups -OCH3 is 2. The predicted octanol–water partition coefficient (Wildman–Crippen LogP) is 3.45. The van der Waals surface area contributed by atoms with E-state index in [4.69, 9.17) is 9.47 Å². The number of carbonyl (C=O) groups is 1. The molecule has 0 spiro atoms. The monoisotopic (exact) mass is 368 g/mol. The summed E-state index contributed by atoms with van der Waals surface area (Å²) in [4.78, 5) is 17.3. The average Bonchev–Trinajstić information content (AvgIpc) is 2.69. The largest absolute Gasteiger partial charge is 0.493 e. The highest BCUT2D eigenvalue weighted by atomic mass is 16.5. The van der Waals surface area contributed by atoms with Gasteiger partial charge in [-0.25, -0.2) is 0 Å². The van der Waals surface area contributed by atoms with Crippen LogP contribution in [0.2, 0.25) is 0 Å². The summed E-state index contributed by atoms with van der Waals surface area (Å²) in [5, 5.41) is 0. The molecular formula is C22H28N2O3. The van der Waals surface area contributed by atoms with Crippen LogP contribution in [0.5, 0.6) is 11.5 Å². The fourth-order valence-electron chi connectivity index (χ4n) is 3.54. The second-order valence-electron chi connectivity index (χ2n) is 7.16. The van der Waals surface area contributed by atoms with Crippen molar-refractivity contribution in [3.8, 4) is 11.5 Å². The Morgan fingerprint density at radius 2 is 1.70 bits per heavy atom. The Balaban J connectivity index is 1.83. The fraction of sp³-hybridized carbons (Fsp3) is 0.409. The molecule has 1 aliphatic rings. The van der Waals surface area contributed by atoms with Gasteiger partial charge in [-0.2, -0.15) is 0 Å². The van der Waals surface area contributed by atoms with Gasteiger partial charge in [-0.15, -0.1) is 0 Å². The molecule has 0 N–H and O–H groups in total. The van der Waals surface area contributed by atoms with E-state index < -0.39 is 0 Å². The molecule has 0 bridgehead atoms. The van der Waals surface area contributed by atoms with Crippen LogP contribution >= 0.6 is 0 Å². The van der Waals surface area contributed by atoms with E-state index in [2.05, 4.69) is 18.9 Å². The van der Waals surface area contributed by atoms with Gasteiger partial charge in [0.25, 0.3) is 5.91 Å². The Kier molecular flexibility index (Phi) is 5.71. The molecule has 2 aromatic rings. The van der Waals surface area contributed by atoms with Crippen LogP contribution in [-0.2, 0) is 0 Å². The van der Waals surface area contributed by atoms with Crippen molar-refractivity contribution in [2.75, 3.05) is 40.9 Å². The minimum Gasteiger partial charge on any atom is -0.493 e. The summed E-state index contributed by atoms with van der Waals surface area (Å²) in [5.74, 6) is 1.51. The first-order chi connectivity index (χ1) is 12.9. The van der Waals surface area contributed by atoms with Crippen LogP contribution in [0.25, 0.3) is 0 Å². The summed E-state index contributed by atoms with van der Waals surface area (Å²) in [6, 6.07) is 12.0. The number of hydrogen-bond donors (Lipinski definition) is 0. The van der Waals surface area contributed by atoms with E-state index in [-0.39, 0.29) is 11.9 Å². The van der Waals surface area contributed by atoms with Crippen molar-refractivity contribution in [1.29, 1.82) is 0 Å². The number of nitrogens with zero attached hydrogens (tertiary/aromatic N) is 2. The summed E-state index contributed by atoms with van der Waals surface area (Å²) in [5.41, 5.74) is 4.22. The highest BCUT2D eigenvalue weighted by Gasteiger charge is 2.29. The van der Waals surface area contributed by atoms with Gasteiger partial charge in [0.2, 0.25) is 0 Å². The summed E-state index contributed by atoms with van der Waals surface area (Å²) < 4.78 is 10.8. The SMILES string of the molecule is COc1ccc(C2CN(C(=O)c3ccc(C)c(C)c3)CCN2C)cc1OC. The molecule has 2 aromatic carbocycles. The van der Waals surface area contributed by atoms with Crippen molar-refractivity contribution in [1.82, 2.24) is 9.80 Å². The molecule has 0 aromatic heterocycles. The summed E-state index contributed by atoms with van der Waals surface area (Å²) >= 11 is 0. The lowest BCUT2D eigenvalue weighted by Crippen LogP contribution is -2.49. The molecule has 1 atom stereocenters. The molecule has 3 rings (SSSR count). The number of benzene rings is 2. The second-order valence-corrected chi connectivity index (χ2v) is 7.16. The smallest absolute Gasteiger partial charge is 0.253 e. The lowest BCUT2D eigenvalue weighted by Gasteiger charge is -2.40. The Morgan fingerprint density at radius 1 is 0.963 bits per heavy atom. The molecule has 5 nitrogen and oxygen atoms in total. The van der Waals surface area contributed by atoms with Gasteiger partial charge in [-0.3, -0.25) is 9.69 Å². The van der Waals surface area contributed by atoms with E-state index in [1.165, 1.54) is 5.56 Å². The van der Waals surface area contributed by atoms with Crippen molar-refractivity contribution in [2.24, 2.45) is 0 Å². The van der Waals surface area contributed by atoms with E-state index in [9.17, 15) is 4.79 Å². The maximum absolute atomic E-state index is 13.0. The van der Waals surface area contributed by atoms with Gasteiger partial charge < -0.3 is 14.4 Å². The third kappa shape index (κ3) is 3.93. The summed E-state index contributed by atoms with van der Waals surface area (Å²) in [6.45, 7) is 6.31. The normalized spacial score (nSPS) is 17.7. The zero-order chi connectivity index (χ0) is 19.6. The van der Waals surface area contributed by atoms with E-state index >= 15 is 0 Å². The number of ether oxygens (including phenoxy) is 2. The van der Waals surface area contributed by atoms with Crippen molar-refractivity contribution >= 4 is 5.91 Å². The minimum absolute atomic E-state index is 0.0941. The topological polar surface area (TPSA) is 42.0 Å². The summed E-state index contributed by atoms with van der Waals surface area (Å²) in [7, 11) is 5.37. The highest BCUT2D eigenvalue weighted by molar-refractivity contribution is 5.94. The lowest BCUT2D eigenvalue weighted by atomic mass is 10.0. The Labute approximate surface area is 161 Å². The third-order valence-corrected chi connectivity index (χ3v) is 5.48. The number of piperazine rings is 1. The minimum atomic E-state index is 0.0941. The van der Waals surface area contributed by atoms with E-state index in [1.54, 1.807) is 14.2 Å². The van der Waals surface area contributed by atoms with Crippen LogP contribution in [0.1, 0.15) is 33.1 Å². The molecule has 0 saturated carbocycles. The molecule has 0 radical (unpaired) electrons. The molecule has 0 aliphatic carbocycles. The zero-order valence-corrected chi connectivity index (χ0v) is 16.8. The number of likely N-dealkylation sites (N-methyl/N-ethyl adjacent to an activating group) is 1. The third-order valence-electron chi connectivity index (χ3n) is 5.48. The molecule has 1 unspecified atom stereocenters. The number of aryl methyl sites for hydroxylation is 2. The van der Waals surface area contributed by atoms with Gasteiger partial charge in [0.1, 0.15) is 0 Å². The van der Waals surface area contributed by atoms with Gasteiger partial charge in [0.15, 0.2) is 11.5 Å². The van der Waals surface area contributed by atoms with Crippen LogP contribution in [0, 0.1) is 13.8 Å². The van der Waals surface area contributed by atoms with E-state index in [0.29, 0.717) is 18.0 Å². The van der Waals surface area contributed by atoms with Gasteiger partial charge in [-0.1, -0.05) is 12.1 Å². The van der Waals surface area contributed by atoms with Crippen LogP contribution in [-0.4, -0.2) is 56.6 Å². The van der Waals surface area contributed by atoms with Gasteiger partial charge >= 0.3 is 0 Å². The summed E-state index contributed by atoms with van der Waals surface area (Å²) in [6.07, 6.45) is 0. The highest BCUT2D eigenvalue weighted by Crippen LogP contribution is 2.33. The quantitative estimate of drug-likeness (QED) is 0.829. The predicted molar refractivity (Wildman–Crippen MR) is 107 cm³/mol. The molecular weight excluding hydrogens is 340 g/mol. The molecule has 1 amide bonds. The van der Waals surface area contributed by atoms with Crippen molar-refractivity contribution in [2.45, 2.75) is 19.9 Å². The van der Waals surface area contributed by atoms with Crippen LogP contribution in [0.4, 0.5) is 0 Å².